The van der Waals surface area contributed by atoms with Crippen LogP contribution in [0.4, 0.5) is 10.1 Å². The average Bonchev–Trinajstić information content (AvgIpc) is 2.45. The summed E-state index contributed by atoms with van der Waals surface area (Å²) in [4.78, 5) is -0.519. The van der Waals surface area contributed by atoms with Gasteiger partial charge < -0.3 is 5.73 Å². The summed E-state index contributed by atoms with van der Waals surface area (Å²) in [6.45, 7) is 4.20. The smallest absolute Gasteiger partial charge is 0.243 e. The van der Waals surface area contributed by atoms with Gasteiger partial charge in [0.1, 0.15) is 4.90 Å². The fraction of sp³-hybridized carbons (Fsp3) is 0.538. The molecule has 120 valence electrons. The normalized spacial score (nSPS) is 12.6. The lowest BCUT2D eigenvalue weighted by Gasteiger charge is -2.29. The van der Waals surface area contributed by atoms with Crippen LogP contribution in [0, 0.1) is 5.82 Å². The van der Waals surface area contributed by atoms with Crippen LogP contribution < -0.4 is 10.5 Å². The molecule has 0 spiro atoms. The maximum absolute atomic E-state index is 13.9. The maximum atomic E-state index is 13.9. The molecule has 3 N–H and O–H groups in total. The summed E-state index contributed by atoms with van der Waals surface area (Å²) in [5.74, 6) is -0.977. The zero-order valence-corrected chi connectivity index (χ0v) is 14.6. The van der Waals surface area contributed by atoms with E-state index in [1.807, 2.05) is 20.1 Å². The minimum Gasteiger partial charge on any atom is -0.396 e. The molecule has 0 fully saturated rings. The van der Waals surface area contributed by atoms with E-state index in [9.17, 15) is 12.8 Å². The van der Waals surface area contributed by atoms with Crippen molar-refractivity contribution < 1.29 is 12.8 Å². The van der Waals surface area contributed by atoms with E-state index < -0.39 is 20.7 Å². The van der Waals surface area contributed by atoms with Crippen LogP contribution in [0.1, 0.15) is 26.7 Å². The van der Waals surface area contributed by atoms with Gasteiger partial charge in [-0.15, -0.1) is 0 Å². The molecular formula is C13H20ClFN2O2S2. The van der Waals surface area contributed by atoms with Crippen molar-refractivity contribution in [3.05, 3.63) is 23.0 Å². The second kappa shape index (κ2) is 7.17. The van der Waals surface area contributed by atoms with Gasteiger partial charge in [0, 0.05) is 16.3 Å². The van der Waals surface area contributed by atoms with Crippen molar-refractivity contribution in [1.82, 2.24) is 4.72 Å². The molecule has 0 aliphatic rings. The molecular weight excluding hydrogens is 335 g/mol. The molecule has 0 saturated carbocycles. The van der Waals surface area contributed by atoms with Gasteiger partial charge in [0.2, 0.25) is 10.0 Å². The fourth-order valence-electron chi connectivity index (χ4n) is 1.95. The second-order valence-corrected chi connectivity index (χ2v) is 8.17. The SMILES string of the molecule is CCC(CC)(CNS(=O)(=O)c1cc(Cl)cc(N)c1F)SC. The highest BCUT2D eigenvalue weighted by Crippen LogP contribution is 2.31. The quantitative estimate of drug-likeness (QED) is 0.737. The van der Waals surface area contributed by atoms with E-state index in [0.29, 0.717) is 0 Å². The number of rotatable bonds is 7. The van der Waals surface area contributed by atoms with Crippen LogP contribution in [0.25, 0.3) is 0 Å². The first-order valence-corrected chi connectivity index (χ1v) is 9.59. The molecule has 0 amide bonds. The Morgan fingerprint density at radius 3 is 2.43 bits per heavy atom. The Kier molecular flexibility index (Phi) is 6.34. The van der Waals surface area contributed by atoms with Crippen molar-refractivity contribution in [2.24, 2.45) is 0 Å². The number of thioether (sulfide) groups is 1. The summed E-state index contributed by atoms with van der Waals surface area (Å²) in [5.41, 5.74) is 5.14. The molecule has 0 aliphatic heterocycles. The maximum Gasteiger partial charge on any atom is 0.243 e. The first-order valence-electron chi connectivity index (χ1n) is 6.50. The Hall–Kier alpha value is -0.500. The van der Waals surface area contributed by atoms with Crippen LogP contribution in [0.2, 0.25) is 5.02 Å². The van der Waals surface area contributed by atoms with Crippen LogP contribution in [-0.2, 0) is 10.0 Å². The molecule has 0 heterocycles. The van der Waals surface area contributed by atoms with Gasteiger partial charge in [0.05, 0.1) is 5.69 Å². The molecule has 1 aromatic rings. The molecule has 0 radical (unpaired) electrons. The lowest BCUT2D eigenvalue weighted by molar-refractivity contribution is 0.517. The minimum absolute atomic E-state index is 0.0800. The van der Waals surface area contributed by atoms with Crippen molar-refractivity contribution in [2.45, 2.75) is 36.3 Å². The number of nitrogens with two attached hydrogens (primary N) is 1. The lowest BCUT2D eigenvalue weighted by atomic mass is 10.0. The number of anilines is 1. The summed E-state index contributed by atoms with van der Waals surface area (Å²) < 4.78 is 40.7. The van der Waals surface area contributed by atoms with E-state index >= 15 is 0 Å². The zero-order valence-electron chi connectivity index (χ0n) is 12.2. The monoisotopic (exact) mass is 354 g/mol. The Bertz CT molecular complexity index is 596. The molecule has 0 unspecified atom stereocenters. The minimum atomic E-state index is -4.00. The average molecular weight is 355 g/mol. The van der Waals surface area contributed by atoms with Crippen LogP contribution >= 0.6 is 23.4 Å². The summed E-state index contributed by atoms with van der Waals surface area (Å²) in [6.07, 6.45) is 3.53. The Morgan fingerprint density at radius 1 is 1.38 bits per heavy atom. The van der Waals surface area contributed by atoms with Crippen molar-refractivity contribution in [3.63, 3.8) is 0 Å². The van der Waals surface area contributed by atoms with Crippen molar-refractivity contribution in [1.29, 1.82) is 0 Å². The van der Waals surface area contributed by atoms with E-state index in [1.165, 1.54) is 6.07 Å². The topological polar surface area (TPSA) is 72.2 Å². The van der Waals surface area contributed by atoms with Crippen LogP contribution in [0.5, 0.6) is 0 Å². The van der Waals surface area contributed by atoms with E-state index in [2.05, 4.69) is 4.72 Å². The Morgan fingerprint density at radius 2 is 1.95 bits per heavy atom. The summed E-state index contributed by atoms with van der Waals surface area (Å²) in [7, 11) is -4.00. The molecule has 0 aliphatic carbocycles. The van der Waals surface area contributed by atoms with Gasteiger partial charge >= 0.3 is 0 Å². The third kappa shape index (κ3) is 4.25. The zero-order chi connectivity index (χ0) is 16.3. The highest BCUT2D eigenvalue weighted by Gasteiger charge is 2.29. The van der Waals surface area contributed by atoms with Crippen LogP contribution in [0.15, 0.2) is 17.0 Å². The van der Waals surface area contributed by atoms with E-state index in [1.54, 1.807) is 11.8 Å². The first kappa shape index (κ1) is 18.5. The van der Waals surface area contributed by atoms with Gasteiger partial charge in [-0.3, -0.25) is 0 Å². The molecule has 0 saturated heterocycles. The van der Waals surface area contributed by atoms with Crippen molar-refractivity contribution in [2.75, 3.05) is 18.5 Å². The van der Waals surface area contributed by atoms with E-state index in [4.69, 9.17) is 17.3 Å². The van der Waals surface area contributed by atoms with Gasteiger partial charge in [0.15, 0.2) is 5.82 Å². The van der Waals surface area contributed by atoms with Crippen LogP contribution in [-0.4, -0.2) is 26.0 Å². The summed E-state index contributed by atoms with van der Waals surface area (Å²) in [6, 6.07) is 2.24. The summed E-state index contributed by atoms with van der Waals surface area (Å²) in [5, 5.41) is 0.0800. The van der Waals surface area contributed by atoms with Gasteiger partial charge in [-0.25, -0.2) is 17.5 Å². The predicted molar refractivity (Wildman–Crippen MR) is 87.8 cm³/mol. The van der Waals surface area contributed by atoms with E-state index in [-0.39, 0.29) is 22.0 Å². The van der Waals surface area contributed by atoms with Crippen molar-refractivity contribution >= 4 is 39.1 Å². The molecule has 4 nitrogen and oxygen atoms in total. The Balaban J connectivity index is 3.08. The van der Waals surface area contributed by atoms with Gasteiger partial charge in [-0.2, -0.15) is 11.8 Å². The fourth-order valence-corrected chi connectivity index (χ4v) is 4.38. The number of nitrogen functional groups attached to an aromatic ring is 1. The molecule has 0 atom stereocenters. The molecule has 0 bridgehead atoms. The van der Waals surface area contributed by atoms with E-state index in [0.717, 1.165) is 18.9 Å². The Labute approximate surface area is 134 Å². The van der Waals surface area contributed by atoms with Gasteiger partial charge in [-0.05, 0) is 31.2 Å². The third-order valence-corrected chi connectivity index (χ3v) is 6.83. The number of sulfonamides is 1. The number of hydrogen-bond acceptors (Lipinski definition) is 4. The number of hydrogen-bond donors (Lipinski definition) is 2. The first-order chi connectivity index (χ1) is 9.71. The molecule has 1 aromatic carbocycles. The molecule has 0 aromatic heterocycles. The highest BCUT2D eigenvalue weighted by atomic mass is 35.5. The van der Waals surface area contributed by atoms with Gasteiger partial charge in [0.25, 0.3) is 0 Å². The standard InChI is InChI=1S/C13H20ClFN2O2S2/c1-4-13(5-2,20-3)8-17-21(18,19)11-7-9(14)6-10(16)12(11)15/h6-7,17H,4-5,8,16H2,1-3H3. The van der Waals surface area contributed by atoms with Gasteiger partial charge in [-0.1, -0.05) is 25.4 Å². The number of nitrogens with one attached hydrogen (secondary N) is 1. The lowest BCUT2D eigenvalue weighted by Crippen LogP contribution is -2.39. The summed E-state index contributed by atoms with van der Waals surface area (Å²) >= 11 is 7.35. The number of benzene rings is 1. The largest absolute Gasteiger partial charge is 0.396 e. The molecule has 21 heavy (non-hydrogen) atoms. The van der Waals surface area contributed by atoms with Crippen molar-refractivity contribution in [3.8, 4) is 0 Å². The highest BCUT2D eigenvalue weighted by molar-refractivity contribution is 8.00. The third-order valence-electron chi connectivity index (χ3n) is 3.63. The second-order valence-electron chi connectivity index (χ2n) is 4.73. The predicted octanol–water partition coefficient (Wildman–Crippen LogP) is 3.26. The molecule has 1 rings (SSSR count). The number of halogens is 2. The molecule has 8 heteroatoms. The van der Waals surface area contributed by atoms with Crippen LogP contribution in [0.3, 0.4) is 0 Å².